The molecule has 0 aliphatic carbocycles. The third kappa shape index (κ3) is 4.72. The smallest absolute Gasteiger partial charge is 0.363 e. The molecule has 0 saturated heterocycles. The number of nitro groups is 1. The molecule has 31 heavy (non-hydrogen) atoms. The Hall–Kier alpha value is -3.73. The number of carbonyl (C=O) groups excluding carboxylic acids is 2. The molecule has 2 aromatic rings. The van der Waals surface area contributed by atoms with Crippen LogP contribution < -0.4 is 14.2 Å². The minimum Gasteiger partial charge on any atom is -0.496 e. The van der Waals surface area contributed by atoms with Gasteiger partial charge in [-0.15, -0.1) is 0 Å². The number of methoxy groups -OCH3 is 2. The number of non-ortho nitro benzene ring substituents is 1. The van der Waals surface area contributed by atoms with Crippen molar-refractivity contribution in [2.45, 2.75) is 6.92 Å². The van der Waals surface area contributed by atoms with E-state index in [4.69, 9.17) is 18.9 Å². The summed E-state index contributed by atoms with van der Waals surface area (Å²) in [6.45, 7) is 1.26. The Labute approximate surface area is 184 Å². The highest BCUT2D eigenvalue weighted by Gasteiger charge is 2.28. The van der Waals surface area contributed by atoms with Crippen molar-refractivity contribution in [2.24, 2.45) is 4.99 Å². The molecule has 0 spiro atoms. The van der Waals surface area contributed by atoms with Crippen LogP contribution >= 0.6 is 15.9 Å². The van der Waals surface area contributed by atoms with Crippen molar-refractivity contribution < 1.29 is 33.5 Å². The zero-order valence-corrected chi connectivity index (χ0v) is 18.1. The van der Waals surface area contributed by atoms with Crippen LogP contribution in [0, 0.1) is 10.1 Å². The number of ether oxygens (including phenoxy) is 4. The van der Waals surface area contributed by atoms with E-state index in [9.17, 15) is 19.7 Å². The summed E-state index contributed by atoms with van der Waals surface area (Å²) in [6, 6.07) is 7.01. The minimum absolute atomic E-state index is 0.0438. The normalized spacial score (nSPS) is 14.1. The van der Waals surface area contributed by atoms with Gasteiger partial charge in [0.15, 0.2) is 17.2 Å². The van der Waals surface area contributed by atoms with Crippen molar-refractivity contribution in [1.82, 2.24) is 0 Å². The lowest BCUT2D eigenvalue weighted by atomic mass is 10.1. The van der Waals surface area contributed by atoms with E-state index in [2.05, 4.69) is 20.9 Å². The number of nitro benzene ring substituents is 1. The topological polar surface area (TPSA) is 127 Å². The number of hydrogen-bond acceptors (Lipinski definition) is 9. The third-order valence-corrected chi connectivity index (χ3v) is 4.63. The zero-order chi connectivity index (χ0) is 22.7. The van der Waals surface area contributed by atoms with E-state index < -0.39 is 16.9 Å². The van der Waals surface area contributed by atoms with E-state index in [1.54, 1.807) is 12.1 Å². The highest BCUT2D eigenvalue weighted by Crippen LogP contribution is 2.38. The molecule has 0 N–H and O–H groups in total. The average molecular weight is 491 g/mol. The van der Waals surface area contributed by atoms with Gasteiger partial charge in [0.2, 0.25) is 5.90 Å². The molecule has 1 aliphatic rings. The van der Waals surface area contributed by atoms with E-state index in [1.165, 1.54) is 45.4 Å². The van der Waals surface area contributed by atoms with Crippen molar-refractivity contribution >= 4 is 45.5 Å². The van der Waals surface area contributed by atoms with Crippen LogP contribution in [0.15, 0.2) is 45.5 Å². The quantitative estimate of drug-likeness (QED) is 0.197. The molecular formula is C20H15BrN2O8. The molecule has 1 heterocycles. The van der Waals surface area contributed by atoms with E-state index in [-0.39, 0.29) is 40.1 Å². The van der Waals surface area contributed by atoms with Gasteiger partial charge in [-0.25, -0.2) is 9.79 Å². The molecule has 0 unspecified atom stereocenters. The van der Waals surface area contributed by atoms with Crippen LogP contribution in [0.2, 0.25) is 0 Å². The molecule has 160 valence electrons. The van der Waals surface area contributed by atoms with Crippen LogP contribution in [-0.4, -0.2) is 37.0 Å². The first kappa shape index (κ1) is 22.0. The Morgan fingerprint density at radius 1 is 1.19 bits per heavy atom. The Kier molecular flexibility index (Phi) is 6.35. The lowest BCUT2D eigenvalue weighted by Gasteiger charge is -2.11. The van der Waals surface area contributed by atoms with E-state index in [0.29, 0.717) is 10.0 Å². The number of aliphatic imine (C=N–C) groups is 1. The fourth-order valence-electron chi connectivity index (χ4n) is 2.72. The molecule has 0 amide bonds. The first-order valence-corrected chi connectivity index (χ1v) is 9.44. The zero-order valence-electron chi connectivity index (χ0n) is 16.5. The molecule has 10 nitrogen and oxygen atoms in total. The van der Waals surface area contributed by atoms with Crippen LogP contribution in [0.3, 0.4) is 0 Å². The second-order valence-electron chi connectivity index (χ2n) is 6.11. The molecule has 0 fully saturated rings. The van der Waals surface area contributed by atoms with Gasteiger partial charge in [-0.3, -0.25) is 14.9 Å². The standard InChI is InChI=1S/C20H15BrN2O8/c1-10(24)30-18-14(21)6-11(8-17(18)29-3)7-15-20(25)31-19(22-15)13-9-12(23(26)27)4-5-16(13)28-2/h4-9H,1-3H3/b15-7+. The molecule has 0 saturated carbocycles. The van der Waals surface area contributed by atoms with Gasteiger partial charge in [0, 0.05) is 19.1 Å². The third-order valence-electron chi connectivity index (χ3n) is 4.05. The van der Waals surface area contributed by atoms with Gasteiger partial charge >= 0.3 is 11.9 Å². The summed E-state index contributed by atoms with van der Waals surface area (Å²) in [5.74, 6) is -0.691. The van der Waals surface area contributed by atoms with Gasteiger partial charge in [0.1, 0.15) is 5.75 Å². The Balaban J connectivity index is 2.03. The highest BCUT2D eigenvalue weighted by atomic mass is 79.9. The Morgan fingerprint density at radius 3 is 2.52 bits per heavy atom. The molecule has 1 aliphatic heterocycles. The number of benzene rings is 2. The Morgan fingerprint density at radius 2 is 1.90 bits per heavy atom. The molecule has 0 radical (unpaired) electrons. The van der Waals surface area contributed by atoms with Crippen molar-refractivity contribution in [3.63, 3.8) is 0 Å². The number of nitrogens with zero attached hydrogens (tertiary/aromatic N) is 2. The summed E-state index contributed by atoms with van der Waals surface area (Å²) >= 11 is 3.30. The number of rotatable bonds is 6. The minimum atomic E-state index is -0.747. The molecule has 11 heteroatoms. The fraction of sp³-hybridized carbons (Fsp3) is 0.150. The SMILES string of the molecule is COc1ccc([N+](=O)[O-])cc1C1=N/C(=C/c2cc(Br)c(OC(C)=O)c(OC)c2)C(=O)O1. The van der Waals surface area contributed by atoms with Crippen molar-refractivity contribution in [3.8, 4) is 17.2 Å². The first-order chi connectivity index (χ1) is 14.7. The van der Waals surface area contributed by atoms with Gasteiger partial charge in [-0.1, -0.05) is 0 Å². The molecular weight excluding hydrogens is 476 g/mol. The largest absolute Gasteiger partial charge is 0.496 e. The number of halogens is 1. The number of esters is 2. The lowest BCUT2D eigenvalue weighted by molar-refractivity contribution is -0.384. The molecule has 2 aromatic carbocycles. The van der Waals surface area contributed by atoms with E-state index in [1.807, 2.05) is 0 Å². The summed E-state index contributed by atoms with van der Waals surface area (Å²) in [4.78, 5) is 38.3. The monoisotopic (exact) mass is 490 g/mol. The van der Waals surface area contributed by atoms with Crippen molar-refractivity contribution in [1.29, 1.82) is 0 Å². The van der Waals surface area contributed by atoms with Crippen LogP contribution in [0.5, 0.6) is 17.2 Å². The van der Waals surface area contributed by atoms with Gasteiger partial charge in [0.05, 0.1) is 29.2 Å². The molecule has 0 atom stereocenters. The average Bonchev–Trinajstić information content (AvgIpc) is 3.09. The second-order valence-corrected chi connectivity index (χ2v) is 6.96. The summed E-state index contributed by atoms with van der Waals surface area (Å²) in [7, 11) is 2.79. The number of cyclic esters (lactones) is 1. The van der Waals surface area contributed by atoms with Crippen molar-refractivity contribution in [2.75, 3.05) is 14.2 Å². The lowest BCUT2D eigenvalue weighted by Crippen LogP contribution is -2.07. The fourth-order valence-corrected chi connectivity index (χ4v) is 3.27. The summed E-state index contributed by atoms with van der Waals surface area (Å²) in [6.07, 6.45) is 1.43. The maximum absolute atomic E-state index is 12.3. The van der Waals surface area contributed by atoms with Crippen LogP contribution in [0.25, 0.3) is 6.08 Å². The summed E-state index contributed by atoms with van der Waals surface area (Å²) in [5, 5.41) is 11.1. The maximum Gasteiger partial charge on any atom is 0.363 e. The van der Waals surface area contributed by atoms with Gasteiger partial charge < -0.3 is 18.9 Å². The second kappa shape index (κ2) is 8.96. The first-order valence-electron chi connectivity index (χ1n) is 8.64. The number of carbonyl (C=O) groups is 2. The maximum atomic E-state index is 12.3. The van der Waals surface area contributed by atoms with Crippen LogP contribution in [0.1, 0.15) is 18.1 Å². The number of hydrogen-bond donors (Lipinski definition) is 0. The van der Waals surface area contributed by atoms with Crippen LogP contribution in [0.4, 0.5) is 5.69 Å². The summed E-state index contributed by atoms with van der Waals surface area (Å²) < 4.78 is 21.2. The predicted octanol–water partition coefficient (Wildman–Crippen LogP) is 3.64. The van der Waals surface area contributed by atoms with Crippen LogP contribution in [-0.2, 0) is 14.3 Å². The van der Waals surface area contributed by atoms with E-state index >= 15 is 0 Å². The van der Waals surface area contributed by atoms with Crippen molar-refractivity contribution in [3.05, 3.63) is 61.7 Å². The Bertz CT molecular complexity index is 1160. The molecule has 0 bridgehead atoms. The highest BCUT2D eigenvalue weighted by molar-refractivity contribution is 9.10. The molecule has 0 aromatic heterocycles. The van der Waals surface area contributed by atoms with Gasteiger partial charge in [0.25, 0.3) is 5.69 Å². The predicted molar refractivity (Wildman–Crippen MR) is 112 cm³/mol. The summed E-state index contributed by atoms with van der Waals surface area (Å²) in [5.41, 5.74) is 0.416. The van der Waals surface area contributed by atoms with Gasteiger partial charge in [-0.2, -0.15) is 0 Å². The molecule has 3 rings (SSSR count). The van der Waals surface area contributed by atoms with E-state index in [0.717, 1.165) is 0 Å². The van der Waals surface area contributed by atoms with Gasteiger partial charge in [-0.05, 0) is 45.8 Å².